The number of nitrogens with one attached hydrogen (secondary N) is 1. The first kappa shape index (κ1) is 15.4. The Morgan fingerprint density at radius 2 is 2.08 bits per heavy atom. The molecule has 6 nitrogen and oxygen atoms in total. The number of nitrogens with zero attached hydrogens (tertiary/aromatic N) is 3. The van der Waals surface area contributed by atoms with Crippen LogP contribution in [0.1, 0.15) is 12.0 Å². The van der Waals surface area contributed by atoms with E-state index in [1.807, 2.05) is 48.5 Å². The average molecular weight is 334 g/mol. The largest absolute Gasteiger partial charge is 0.390 e. The lowest BCUT2D eigenvalue weighted by Crippen LogP contribution is -2.20. The molecule has 1 N–H and O–H groups in total. The molecule has 0 aliphatic carbocycles. The van der Waals surface area contributed by atoms with E-state index in [4.69, 9.17) is 4.84 Å². The third kappa shape index (κ3) is 3.10. The van der Waals surface area contributed by atoms with Crippen molar-refractivity contribution >= 4 is 22.3 Å². The van der Waals surface area contributed by atoms with Gasteiger partial charge in [0, 0.05) is 19.2 Å². The predicted octanol–water partition coefficient (Wildman–Crippen LogP) is 2.54. The van der Waals surface area contributed by atoms with Crippen LogP contribution in [0.15, 0.2) is 64.8 Å². The van der Waals surface area contributed by atoms with Crippen LogP contribution in [0.25, 0.3) is 10.9 Å². The first-order valence-corrected chi connectivity index (χ1v) is 8.18. The third-order valence-corrected chi connectivity index (χ3v) is 4.29. The molecule has 1 aliphatic rings. The zero-order chi connectivity index (χ0) is 17.2. The number of anilines is 1. The van der Waals surface area contributed by atoms with Crippen molar-refractivity contribution < 1.29 is 4.84 Å². The maximum absolute atomic E-state index is 12.2. The fourth-order valence-corrected chi connectivity index (χ4v) is 2.89. The van der Waals surface area contributed by atoms with Crippen LogP contribution < -0.4 is 10.9 Å². The second-order valence-electron chi connectivity index (χ2n) is 6.11. The molecule has 0 spiro atoms. The minimum Gasteiger partial charge on any atom is -0.390 e. The summed E-state index contributed by atoms with van der Waals surface area (Å²) in [5.41, 5.74) is 3.56. The van der Waals surface area contributed by atoms with Crippen molar-refractivity contribution in [2.75, 3.05) is 11.9 Å². The van der Waals surface area contributed by atoms with Crippen molar-refractivity contribution in [3.05, 3.63) is 70.8 Å². The Morgan fingerprint density at radius 1 is 1.24 bits per heavy atom. The zero-order valence-electron chi connectivity index (χ0n) is 13.8. The van der Waals surface area contributed by atoms with Gasteiger partial charge < -0.3 is 14.7 Å². The molecule has 4 rings (SSSR count). The molecule has 1 aromatic heterocycles. The van der Waals surface area contributed by atoms with E-state index in [-0.39, 0.29) is 11.7 Å². The van der Waals surface area contributed by atoms with E-state index in [0.717, 1.165) is 23.4 Å². The summed E-state index contributed by atoms with van der Waals surface area (Å²) >= 11 is 0. The van der Waals surface area contributed by atoms with E-state index in [0.29, 0.717) is 17.4 Å². The quantitative estimate of drug-likeness (QED) is 0.796. The van der Waals surface area contributed by atoms with Crippen LogP contribution >= 0.6 is 0 Å². The Bertz CT molecular complexity index is 995. The average Bonchev–Trinajstić information content (AvgIpc) is 3.13. The Morgan fingerprint density at radius 3 is 2.92 bits per heavy atom. The maximum atomic E-state index is 12.2. The van der Waals surface area contributed by atoms with E-state index in [1.165, 1.54) is 10.9 Å². The molecule has 0 saturated heterocycles. The molecule has 126 valence electrons. The molecule has 0 amide bonds. The molecule has 2 heterocycles. The van der Waals surface area contributed by atoms with Crippen LogP contribution in [0, 0.1) is 0 Å². The summed E-state index contributed by atoms with van der Waals surface area (Å²) in [5, 5.41) is 8.11. The number of hydrogen-bond acceptors (Lipinski definition) is 5. The van der Waals surface area contributed by atoms with Crippen molar-refractivity contribution in [2.45, 2.75) is 12.5 Å². The number of aryl methyl sites for hydroxylation is 1. The summed E-state index contributed by atoms with van der Waals surface area (Å²) in [6.45, 7) is 0.617. The Labute approximate surface area is 144 Å². The highest BCUT2D eigenvalue weighted by Gasteiger charge is 2.21. The van der Waals surface area contributed by atoms with Crippen LogP contribution in [-0.4, -0.2) is 27.9 Å². The lowest BCUT2D eigenvalue weighted by Gasteiger charge is -2.11. The van der Waals surface area contributed by atoms with Crippen molar-refractivity contribution in [3.8, 4) is 0 Å². The van der Waals surface area contributed by atoms with Gasteiger partial charge in [-0.15, -0.1) is 0 Å². The molecule has 1 atom stereocenters. The van der Waals surface area contributed by atoms with Crippen LogP contribution in [0.5, 0.6) is 0 Å². The molecular weight excluding hydrogens is 316 g/mol. The Hall–Kier alpha value is -3.15. The van der Waals surface area contributed by atoms with E-state index in [1.54, 1.807) is 7.05 Å². The third-order valence-electron chi connectivity index (χ3n) is 4.29. The van der Waals surface area contributed by atoms with E-state index >= 15 is 0 Å². The lowest BCUT2D eigenvalue weighted by atomic mass is 10.1. The highest BCUT2D eigenvalue weighted by atomic mass is 16.6. The second-order valence-corrected chi connectivity index (χ2v) is 6.11. The maximum Gasteiger partial charge on any atom is 0.260 e. The predicted molar refractivity (Wildman–Crippen MR) is 97.9 cm³/mol. The van der Waals surface area contributed by atoms with E-state index < -0.39 is 0 Å². The molecule has 6 heteroatoms. The van der Waals surface area contributed by atoms with Gasteiger partial charge in [0.2, 0.25) is 0 Å². The summed E-state index contributed by atoms with van der Waals surface area (Å²) < 4.78 is 1.48. The SMILES string of the molecule is Cn1cnc2ccc(NCC3CC(c4ccccc4)=NO3)cc2c1=O. The monoisotopic (exact) mass is 334 g/mol. The first-order chi connectivity index (χ1) is 12.2. The first-order valence-electron chi connectivity index (χ1n) is 8.18. The summed E-state index contributed by atoms with van der Waals surface area (Å²) in [5.74, 6) is 0. The number of fused-ring (bicyclic) bond motifs is 1. The van der Waals surface area contributed by atoms with E-state index in [2.05, 4.69) is 15.5 Å². The summed E-state index contributed by atoms with van der Waals surface area (Å²) in [7, 11) is 1.70. The number of hydrogen-bond donors (Lipinski definition) is 1. The molecule has 2 aromatic carbocycles. The number of benzene rings is 2. The van der Waals surface area contributed by atoms with Gasteiger partial charge in [0.15, 0.2) is 0 Å². The fraction of sp³-hybridized carbons (Fsp3) is 0.211. The highest BCUT2D eigenvalue weighted by Crippen LogP contribution is 2.19. The highest BCUT2D eigenvalue weighted by molar-refractivity contribution is 6.01. The van der Waals surface area contributed by atoms with E-state index in [9.17, 15) is 4.79 Å². The molecule has 25 heavy (non-hydrogen) atoms. The molecule has 0 bridgehead atoms. The van der Waals surface area contributed by atoms with Gasteiger partial charge in [0.1, 0.15) is 6.10 Å². The second kappa shape index (κ2) is 6.39. The number of aromatic nitrogens is 2. The van der Waals surface area contributed by atoms with Crippen LogP contribution in [0.4, 0.5) is 5.69 Å². The normalized spacial score (nSPS) is 16.5. The lowest BCUT2D eigenvalue weighted by molar-refractivity contribution is 0.0949. The summed E-state index contributed by atoms with van der Waals surface area (Å²) in [6.07, 6.45) is 2.27. The van der Waals surface area contributed by atoms with Crippen molar-refractivity contribution in [1.82, 2.24) is 9.55 Å². The topological polar surface area (TPSA) is 68.5 Å². The number of rotatable bonds is 4. The minimum absolute atomic E-state index is 0.0253. The molecule has 0 saturated carbocycles. The Kier molecular flexibility index (Phi) is 3.93. The molecular formula is C19H18N4O2. The van der Waals surface area contributed by atoms with Gasteiger partial charge in [-0.3, -0.25) is 4.79 Å². The van der Waals surface area contributed by atoms with Gasteiger partial charge in [-0.2, -0.15) is 0 Å². The fourth-order valence-electron chi connectivity index (χ4n) is 2.89. The van der Waals surface area contributed by atoms with Crippen LogP contribution in [0.3, 0.4) is 0 Å². The molecule has 0 fully saturated rings. The van der Waals surface area contributed by atoms with Crippen molar-refractivity contribution in [2.24, 2.45) is 12.2 Å². The smallest absolute Gasteiger partial charge is 0.260 e. The molecule has 1 unspecified atom stereocenters. The van der Waals surface area contributed by atoms with Crippen molar-refractivity contribution in [3.63, 3.8) is 0 Å². The molecule has 1 aliphatic heterocycles. The minimum atomic E-state index is -0.0551. The summed E-state index contributed by atoms with van der Waals surface area (Å²) in [4.78, 5) is 22.0. The van der Waals surface area contributed by atoms with Gasteiger partial charge in [-0.05, 0) is 23.8 Å². The zero-order valence-corrected chi connectivity index (χ0v) is 13.8. The number of oxime groups is 1. The van der Waals surface area contributed by atoms with Crippen LogP contribution in [-0.2, 0) is 11.9 Å². The Balaban J connectivity index is 1.43. The van der Waals surface area contributed by atoms with Crippen molar-refractivity contribution in [1.29, 1.82) is 0 Å². The van der Waals surface area contributed by atoms with Gasteiger partial charge >= 0.3 is 0 Å². The van der Waals surface area contributed by atoms with Gasteiger partial charge in [-0.1, -0.05) is 35.5 Å². The van der Waals surface area contributed by atoms with Crippen LogP contribution in [0.2, 0.25) is 0 Å². The van der Waals surface area contributed by atoms with Gasteiger partial charge in [-0.25, -0.2) is 4.98 Å². The summed E-state index contributed by atoms with van der Waals surface area (Å²) in [6, 6.07) is 15.6. The standard InChI is InChI=1S/C19H18N4O2/c1-23-12-21-17-8-7-14(9-16(17)19(23)24)20-11-15-10-18(22-25-15)13-5-3-2-4-6-13/h2-9,12,15,20H,10-11H2,1H3. The van der Waals surface area contributed by atoms with Gasteiger partial charge in [0.05, 0.1) is 29.5 Å². The van der Waals surface area contributed by atoms with Gasteiger partial charge in [0.25, 0.3) is 5.56 Å². The molecule has 0 radical (unpaired) electrons. The molecule has 3 aromatic rings.